The summed E-state index contributed by atoms with van der Waals surface area (Å²) in [5.41, 5.74) is 7.04. The van der Waals surface area contributed by atoms with Gasteiger partial charge in [0.05, 0.1) is 11.1 Å². The highest BCUT2D eigenvalue weighted by atomic mass is 16.5. The summed E-state index contributed by atoms with van der Waals surface area (Å²) in [6.45, 7) is 0. The number of benzene rings is 7. The van der Waals surface area contributed by atoms with Crippen LogP contribution in [0, 0.1) is 22.7 Å². The van der Waals surface area contributed by atoms with Gasteiger partial charge in [-0.1, -0.05) is 121 Å². The van der Waals surface area contributed by atoms with Crippen molar-refractivity contribution >= 4 is 48.7 Å². The lowest BCUT2D eigenvalue weighted by Crippen LogP contribution is -2.21. The van der Waals surface area contributed by atoms with E-state index in [4.69, 9.17) is 4.74 Å². The number of hydrogen-bond donors (Lipinski definition) is 0. The molecule has 2 aliphatic rings. The molecule has 3 heteroatoms. The van der Waals surface area contributed by atoms with Gasteiger partial charge in [0, 0.05) is 38.6 Å². The fourth-order valence-electron chi connectivity index (χ4n) is 7.63. The highest BCUT2D eigenvalue weighted by Crippen LogP contribution is 2.50. The van der Waals surface area contributed by atoms with Crippen molar-refractivity contribution in [3.8, 4) is 29.0 Å². The van der Waals surface area contributed by atoms with E-state index in [0.29, 0.717) is 11.1 Å². The van der Waals surface area contributed by atoms with Gasteiger partial charge >= 0.3 is 0 Å². The zero-order valence-corrected chi connectivity index (χ0v) is 24.2. The Labute approximate surface area is 260 Å². The summed E-state index contributed by atoms with van der Waals surface area (Å²) in [6.07, 6.45) is 6.37. The predicted octanol–water partition coefficient (Wildman–Crippen LogP) is 10.2. The van der Waals surface area contributed by atoms with Gasteiger partial charge in [-0.05, 0) is 50.4 Å². The molecule has 1 heterocycles. The average molecular weight is 573 g/mol. The van der Waals surface area contributed by atoms with E-state index < -0.39 is 0 Å². The molecule has 2 atom stereocenters. The first kappa shape index (κ1) is 25.3. The zero-order valence-electron chi connectivity index (χ0n) is 24.2. The van der Waals surface area contributed by atoms with E-state index in [2.05, 4.69) is 72.8 Å². The molecule has 45 heavy (non-hydrogen) atoms. The van der Waals surface area contributed by atoms with E-state index in [1.165, 1.54) is 0 Å². The maximum atomic E-state index is 10.2. The second-order valence-electron chi connectivity index (χ2n) is 11.7. The van der Waals surface area contributed by atoms with Crippen molar-refractivity contribution in [2.24, 2.45) is 0 Å². The maximum absolute atomic E-state index is 10.2. The van der Waals surface area contributed by atoms with Crippen molar-refractivity contribution < 1.29 is 4.74 Å². The molecule has 9 rings (SSSR count). The Bertz CT molecular complexity index is 2440. The van der Waals surface area contributed by atoms with Gasteiger partial charge in [-0.15, -0.1) is 0 Å². The van der Waals surface area contributed by atoms with E-state index in [1.54, 1.807) is 0 Å². The highest BCUT2D eigenvalue weighted by molar-refractivity contribution is 6.17. The van der Waals surface area contributed by atoms with Crippen molar-refractivity contribution in [2.75, 3.05) is 0 Å². The Morgan fingerprint density at radius 2 is 1.00 bits per heavy atom. The summed E-state index contributed by atoms with van der Waals surface area (Å²) in [6, 6.07) is 44.3. The van der Waals surface area contributed by atoms with Crippen LogP contribution in [0.5, 0.6) is 5.75 Å². The predicted molar refractivity (Wildman–Crippen MR) is 182 cm³/mol. The molecule has 0 saturated heterocycles. The fraction of sp³-hybridized carbons (Fsp3) is 0.0476. The average Bonchev–Trinajstić information content (AvgIpc) is 3.48. The van der Waals surface area contributed by atoms with Crippen molar-refractivity contribution in [1.82, 2.24) is 0 Å². The lowest BCUT2D eigenvalue weighted by atomic mass is 9.80. The van der Waals surface area contributed by atoms with Gasteiger partial charge in [0.25, 0.3) is 0 Å². The summed E-state index contributed by atoms with van der Waals surface area (Å²) in [5.74, 6) is 0.916. The van der Waals surface area contributed by atoms with Crippen molar-refractivity contribution in [3.63, 3.8) is 0 Å². The van der Waals surface area contributed by atoms with Gasteiger partial charge in [0.2, 0.25) is 0 Å². The molecule has 0 amide bonds. The number of fused-ring (bicyclic) bond motifs is 7. The zero-order chi connectivity index (χ0) is 30.1. The number of hydrogen-bond acceptors (Lipinski definition) is 3. The van der Waals surface area contributed by atoms with Crippen LogP contribution < -0.4 is 4.74 Å². The minimum atomic E-state index is -0.200. The lowest BCUT2D eigenvalue weighted by molar-refractivity contribution is 0.278. The van der Waals surface area contributed by atoms with Crippen LogP contribution >= 0.6 is 0 Å². The number of rotatable bonds is 2. The van der Waals surface area contributed by atoms with E-state index in [0.717, 1.165) is 76.7 Å². The molecule has 0 fully saturated rings. The third-order valence-corrected chi connectivity index (χ3v) is 9.51. The van der Waals surface area contributed by atoms with Crippen LogP contribution in [0.1, 0.15) is 28.2 Å². The molecular weight excluding hydrogens is 548 g/mol. The summed E-state index contributed by atoms with van der Waals surface area (Å²) in [4.78, 5) is 0. The SMILES string of the molecule is N#Cc1c2ccccc2c(C2=CC=CC3c4cc(-c5c6ccccc6c(C#N)c6ccccc56)ccc4OC23)c2ccccc12. The van der Waals surface area contributed by atoms with Gasteiger partial charge in [-0.25, -0.2) is 0 Å². The van der Waals surface area contributed by atoms with E-state index in [-0.39, 0.29) is 12.0 Å². The van der Waals surface area contributed by atoms with Gasteiger partial charge < -0.3 is 4.74 Å². The number of allylic oxidation sites excluding steroid dienone is 2. The molecular formula is C42H24N2O. The third-order valence-electron chi connectivity index (χ3n) is 9.51. The second kappa shape index (κ2) is 9.68. The van der Waals surface area contributed by atoms with Crippen molar-refractivity contribution in [3.05, 3.63) is 156 Å². The minimum Gasteiger partial charge on any atom is -0.484 e. The van der Waals surface area contributed by atoms with Crippen LogP contribution in [0.4, 0.5) is 0 Å². The highest BCUT2D eigenvalue weighted by Gasteiger charge is 2.38. The molecule has 3 nitrogen and oxygen atoms in total. The van der Waals surface area contributed by atoms with Crippen LogP contribution in [0.3, 0.4) is 0 Å². The first-order valence-electron chi connectivity index (χ1n) is 15.1. The second-order valence-corrected chi connectivity index (χ2v) is 11.7. The van der Waals surface area contributed by atoms with Crippen LogP contribution in [0.15, 0.2) is 133 Å². The standard InChI is InChI=1S/C42H24N2O/c43-23-37-26-10-1-5-14-30(26)40(31-15-6-2-11-27(31)37)25-20-21-39-36(22-25)34-18-9-19-35(42(34)45-39)41-32-16-7-3-12-28(32)38(24-44)29-13-4-8-17-33(29)41/h1-22,34,42H. The number of nitriles is 2. The summed E-state index contributed by atoms with van der Waals surface area (Å²) >= 11 is 0. The summed E-state index contributed by atoms with van der Waals surface area (Å²) in [7, 11) is 0. The Balaban J connectivity index is 1.23. The Hall–Kier alpha value is -6.16. The molecule has 7 aromatic rings. The molecule has 0 radical (unpaired) electrons. The lowest BCUT2D eigenvalue weighted by Gasteiger charge is -2.25. The molecule has 208 valence electrons. The minimum absolute atomic E-state index is 0.0315. The molecule has 0 aromatic heterocycles. The first-order valence-corrected chi connectivity index (χ1v) is 15.1. The molecule has 0 spiro atoms. The van der Waals surface area contributed by atoms with Crippen LogP contribution in [-0.2, 0) is 0 Å². The van der Waals surface area contributed by atoms with E-state index in [9.17, 15) is 10.5 Å². The molecule has 1 aliphatic carbocycles. The smallest absolute Gasteiger partial charge is 0.135 e. The van der Waals surface area contributed by atoms with Gasteiger partial charge in [0.15, 0.2) is 0 Å². The Morgan fingerprint density at radius 1 is 0.533 bits per heavy atom. The van der Waals surface area contributed by atoms with Gasteiger partial charge in [-0.3, -0.25) is 0 Å². The molecule has 0 N–H and O–H groups in total. The Kier molecular flexibility index (Phi) is 5.45. The molecule has 7 aromatic carbocycles. The molecule has 0 bridgehead atoms. The molecule has 0 saturated carbocycles. The van der Waals surface area contributed by atoms with Gasteiger partial charge in [0.1, 0.15) is 24.0 Å². The number of ether oxygens (including phenoxy) is 1. The van der Waals surface area contributed by atoms with Crippen molar-refractivity contribution in [2.45, 2.75) is 12.0 Å². The first-order chi connectivity index (χ1) is 22.3. The van der Waals surface area contributed by atoms with Gasteiger partial charge in [-0.2, -0.15) is 10.5 Å². The third kappa shape index (κ3) is 3.56. The van der Waals surface area contributed by atoms with Crippen LogP contribution in [-0.4, -0.2) is 6.10 Å². The summed E-state index contributed by atoms with van der Waals surface area (Å²) < 4.78 is 6.81. The Morgan fingerprint density at radius 3 is 1.49 bits per heavy atom. The number of nitrogens with zero attached hydrogens (tertiary/aromatic N) is 2. The van der Waals surface area contributed by atoms with E-state index >= 15 is 0 Å². The fourth-order valence-corrected chi connectivity index (χ4v) is 7.63. The molecule has 2 unspecified atom stereocenters. The largest absolute Gasteiger partial charge is 0.484 e. The summed E-state index contributed by atoms with van der Waals surface area (Å²) in [5, 5.41) is 28.4. The van der Waals surface area contributed by atoms with Crippen LogP contribution in [0.25, 0.3) is 59.8 Å². The quantitative estimate of drug-likeness (QED) is 0.194. The monoisotopic (exact) mass is 572 g/mol. The normalized spacial score (nSPS) is 16.6. The van der Waals surface area contributed by atoms with E-state index in [1.807, 2.05) is 72.8 Å². The van der Waals surface area contributed by atoms with Crippen LogP contribution in [0.2, 0.25) is 0 Å². The molecule has 1 aliphatic heterocycles. The maximum Gasteiger partial charge on any atom is 0.135 e. The van der Waals surface area contributed by atoms with Crippen molar-refractivity contribution in [1.29, 1.82) is 10.5 Å². The topological polar surface area (TPSA) is 56.8 Å².